The molecule has 0 aliphatic carbocycles. The van der Waals surface area contributed by atoms with E-state index in [9.17, 15) is 23.3 Å². The molecule has 156 valence electrons. The van der Waals surface area contributed by atoms with Crippen molar-refractivity contribution in [3.05, 3.63) is 35.4 Å². The van der Waals surface area contributed by atoms with Crippen molar-refractivity contribution in [3.8, 4) is 11.8 Å². The van der Waals surface area contributed by atoms with Gasteiger partial charge in [-0.1, -0.05) is 19.1 Å². The molecule has 8 nitrogen and oxygen atoms in total. The number of rotatable bonds is 8. The largest absolute Gasteiger partial charge is 0.497 e. The van der Waals surface area contributed by atoms with E-state index in [1.807, 2.05) is 6.92 Å². The summed E-state index contributed by atoms with van der Waals surface area (Å²) in [6.45, 7) is 1.71. The highest BCUT2D eigenvalue weighted by atomic mass is 32.2. The number of amides is 1. The first-order valence-electron chi connectivity index (χ1n) is 9.22. The molecule has 0 unspecified atom stereocenters. The van der Waals surface area contributed by atoms with E-state index in [1.165, 1.54) is 18.1 Å². The van der Waals surface area contributed by atoms with Gasteiger partial charge < -0.3 is 14.4 Å². The lowest BCUT2D eigenvalue weighted by Gasteiger charge is -2.27. The molecule has 1 amide bonds. The van der Waals surface area contributed by atoms with Crippen molar-refractivity contribution in [1.29, 1.82) is 5.26 Å². The molecule has 1 atom stereocenters. The van der Waals surface area contributed by atoms with E-state index in [0.717, 1.165) is 0 Å². The molecule has 1 aliphatic heterocycles. The number of nitrogens with zero attached hydrogens (tertiary/aromatic N) is 2. The molecule has 0 radical (unpaired) electrons. The fourth-order valence-electron chi connectivity index (χ4n) is 3.06. The summed E-state index contributed by atoms with van der Waals surface area (Å²) in [4.78, 5) is 26.2. The third-order valence-corrected chi connectivity index (χ3v) is 6.28. The van der Waals surface area contributed by atoms with Crippen LogP contribution in [0.5, 0.6) is 5.75 Å². The SMILES string of the molecule is CCCN(C(=O)COC(=O)/C(C#N)=C/c1ccc(OC)cc1)[C@H]1CCS(=O)(=O)C1. The summed E-state index contributed by atoms with van der Waals surface area (Å²) >= 11 is 0. The van der Waals surface area contributed by atoms with Crippen molar-refractivity contribution in [2.75, 3.05) is 31.8 Å². The van der Waals surface area contributed by atoms with Gasteiger partial charge in [-0.15, -0.1) is 0 Å². The van der Waals surface area contributed by atoms with Gasteiger partial charge in [0.25, 0.3) is 5.91 Å². The van der Waals surface area contributed by atoms with Gasteiger partial charge in [-0.05, 0) is 36.6 Å². The quantitative estimate of drug-likeness (QED) is 0.356. The Bertz CT molecular complexity index is 915. The summed E-state index contributed by atoms with van der Waals surface area (Å²) < 4.78 is 33.5. The minimum Gasteiger partial charge on any atom is -0.497 e. The van der Waals surface area contributed by atoms with E-state index in [2.05, 4.69) is 0 Å². The van der Waals surface area contributed by atoms with Crippen LogP contribution in [0.3, 0.4) is 0 Å². The summed E-state index contributed by atoms with van der Waals surface area (Å²) in [6.07, 6.45) is 2.39. The molecule has 0 aromatic heterocycles. The maximum atomic E-state index is 12.5. The number of esters is 1. The van der Waals surface area contributed by atoms with Gasteiger partial charge in [0, 0.05) is 12.6 Å². The van der Waals surface area contributed by atoms with Crippen molar-refractivity contribution in [2.24, 2.45) is 0 Å². The maximum absolute atomic E-state index is 12.5. The van der Waals surface area contributed by atoms with Gasteiger partial charge >= 0.3 is 5.97 Å². The number of carbonyl (C=O) groups excluding carboxylic acids is 2. The monoisotopic (exact) mass is 420 g/mol. The van der Waals surface area contributed by atoms with Crippen LogP contribution >= 0.6 is 0 Å². The molecule has 0 saturated carbocycles. The number of nitriles is 1. The van der Waals surface area contributed by atoms with E-state index >= 15 is 0 Å². The van der Waals surface area contributed by atoms with Crippen molar-refractivity contribution in [2.45, 2.75) is 25.8 Å². The Kier molecular flexibility index (Phi) is 7.79. The van der Waals surface area contributed by atoms with E-state index in [4.69, 9.17) is 9.47 Å². The molecule has 0 spiro atoms. The van der Waals surface area contributed by atoms with Crippen LogP contribution in [0.2, 0.25) is 0 Å². The number of benzene rings is 1. The van der Waals surface area contributed by atoms with Crippen LogP contribution in [0.15, 0.2) is 29.8 Å². The number of sulfone groups is 1. The van der Waals surface area contributed by atoms with Crippen LogP contribution in [0, 0.1) is 11.3 Å². The third kappa shape index (κ3) is 6.32. The van der Waals surface area contributed by atoms with Gasteiger partial charge in [-0.2, -0.15) is 5.26 Å². The number of hydrogen-bond acceptors (Lipinski definition) is 7. The highest BCUT2D eigenvalue weighted by Gasteiger charge is 2.34. The third-order valence-electron chi connectivity index (χ3n) is 4.53. The Morgan fingerprint density at radius 1 is 1.31 bits per heavy atom. The van der Waals surface area contributed by atoms with Gasteiger partial charge in [0.2, 0.25) is 0 Å². The van der Waals surface area contributed by atoms with Gasteiger partial charge in [-0.3, -0.25) is 4.79 Å². The fourth-order valence-corrected chi connectivity index (χ4v) is 4.80. The normalized spacial score (nSPS) is 18.0. The minimum absolute atomic E-state index is 0.0497. The predicted octanol–water partition coefficient (Wildman–Crippen LogP) is 1.57. The van der Waals surface area contributed by atoms with Crippen LogP contribution in [0.4, 0.5) is 0 Å². The summed E-state index contributed by atoms with van der Waals surface area (Å²) in [6, 6.07) is 8.10. The van der Waals surface area contributed by atoms with E-state index in [0.29, 0.717) is 30.7 Å². The average molecular weight is 420 g/mol. The first kappa shape index (κ1) is 22.4. The Morgan fingerprint density at radius 3 is 2.52 bits per heavy atom. The molecule has 1 aromatic carbocycles. The van der Waals surface area contributed by atoms with Crippen molar-refractivity contribution >= 4 is 27.8 Å². The first-order chi connectivity index (χ1) is 13.8. The highest BCUT2D eigenvalue weighted by molar-refractivity contribution is 7.91. The maximum Gasteiger partial charge on any atom is 0.349 e. The van der Waals surface area contributed by atoms with Crippen molar-refractivity contribution in [3.63, 3.8) is 0 Å². The molecule has 1 aromatic rings. The molecule has 9 heteroatoms. The van der Waals surface area contributed by atoms with Crippen molar-refractivity contribution in [1.82, 2.24) is 4.90 Å². The molecular formula is C20H24N2O6S. The predicted molar refractivity (Wildman–Crippen MR) is 107 cm³/mol. The van der Waals surface area contributed by atoms with Gasteiger partial charge in [0.15, 0.2) is 16.4 Å². The lowest BCUT2D eigenvalue weighted by Crippen LogP contribution is -2.43. The highest BCUT2D eigenvalue weighted by Crippen LogP contribution is 2.19. The summed E-state index contributed by atoms with van der Waals surface area (Å²) in [5, 5.41) is 9.24. The van der Waals surface area contributed by atoms with Crippen LogP contribution in [0.1, 0.15) is 25.3 Å². The van der Waals surface area contributed by atoms with Gasteiger partial charge in [0.05, 0.1) is 18.6 Å². The molecule has 1 aliphatic rings. The summed E-state index contributed by atoms with van der Waals surface area (Å²) in [5.41, 5.74) is 0.364. The van der Waals surface area contributed by atoms with E-state index in [1.54, 1.807) is 30.3 Å². The fraction of sp³-hybridized carbons (Fsp3) is 0.450. The molecule has 29 heavy (non-hydrogen) atoms. The molecule has 1 fully saturated rings. The number of methoxy groups -OCH3 is 1. The minimum atomic E-state index is -3.14. The average Bonchev–Trinajstić information content (AvgIpc) is 3.07. The standard InChI is InChI=1S/C20H24N2O6S/c1-3-9-22(17-8-10-29(25,26)14-17)19(23)13-28-20(24)16(12-21)11-15-4-6-18(27-2)7-5-15/h4-7,11,17H,3,8-10,13-14H2,1-2H3/b16-11+/t17-/m0/s1. The smallest absolute Gasteiger partial charge is 0.349 e. The zero-order valence-corrected chi connectivity index (χ0v) is 17.3. The number of ether oxygens (including phenoxy) is 2. The number of carbonyl (C=O) groups is 2. The summed E-state index contributed by atoms with van der Waals surface area (Å²) in [7, 11) is -1.61. The van der Waals surface area contributed by atoms with Crippen LogP contribution in [0.25, 0.3) is 6.08 Å². The molecule has 2 rings (SSSR count). The van der Waals surface area contributed by atoms with E-state index in [-0.39, 0.29) is 17.1 Å². The topological polar surface area (TPSA) is 114 Å². The zero-order chi connectivity index (χ0) is 21.4. The van der Waals surface area contributed by atoms with E-state index < -0.39 is 34.4 Å². The first-order valence-corrected chi connectivity index (χ1v) is 11.0. The lowest BCUT2D eigenvalue weighted by molar-refractivity contribution is -0.149. The number of hydrogen-bond donors (Lipinski definition) is 0. The Morgan fingerprint density at radius 2 is 2.00 bits per heavy atom. The van der Waals surface area contributed by atoms with Crippen LogP contribution in [-0.2, 0) is 24.2 Å². The molecule has 1 saturated heterocycles. The van der Waals surface area contributed by atoms with Gasteiger partial charge in [0.1, 0.15) is 17.4 Å². The van der Waals surface area contributed by atoms with Gasteiger partial charge in [-0.25, -0.2) is 13.2 Å². The van der Waals surface area contributed by atoms with Crippen molar-refractivity contribution < 1.29 is 27.5 Å². The lowest BCUT2D eigenvalue weighted by atomic mass is 10.1. The zero-order valence-electron chi connectivity index (χ0n) is 16.5. The second kappa shape index (κ2) is 10.1. The Hall–Kier alpha value is -2.86. The molecule has 0 N–H and O–H groups in total. The Balaban J connectivity index is 2.01. The molecule has 0 bridgehead atoms. The molecule has 1 heterocycles. The second-order valence-corrected chi connectivity index (χ2v) is 8.89. The second-order valence-electron chi connectivity index (χ2n) is 6.66. The Labute approximate surface area is 170 Å². The molecular weight excluding hydrogens is 396 g/mol. The van der Waals surface area contributed by atoms with Crippen LogP contribution < -0.4 is 4.74 Å². The van der Waals surface area contributed by atoms with Crippen LogP contribution in [-0.4, -0.2) is 63.0 Å². The summed E-state index contributed by atoms with van der Waals surface area (Å²) in [5.74, 6) is -0.767.